The fourth-order valence-corrected chi connectivity index (χ4v) is 5.46. The highest BCUT2D eigenvalue weighted by atomic mass is 32.2. The van der Waals surface area contributed by atoms with Crippen LogP contribution in [0.4, 0.5) is 10.5 Å². The van der Waals surface area contributed by atoms with E-state index >= 15 is 0 Å². The van der Waals surface area contributed by atoms with Gasteiger partial charge in [0.25, 0.3) is 5.91 Å². The Hall–Kier alpha value is -5.21. The zero-order chi connectivity index (χ0) is 32.9. The molecule has 0 saturated carbocycles. The number of benzene rings is 3. The van der Waals surface area contributed by atoms with Gasteiger partial charge in [0, 0.05) is 34.7 Å². The number of methoxy groups -OCH3 is 1. The van der Waals surface area contributed by atoms with Crippen LogP contribution in [0, 0.1) is 25.2 Å². The van der Waals surface area contributed by atoms with Crippen molar-refractivity contribution in [2.45, 2.75) is 45.1 Å². The van der Waals surface area contributed by atoms with Crippen molar-refractivity contribution in [2.24, 2.45) is 4.36 Å². The minimum absolute atomic E-state index is 0.0132. The summed E-state index contributed by atoms with van der Waals surface area (Å²) in [7, 11) is -1.75. The number of pyridine rings is 1. The molecule has 0 radical (unpaired) electrons. The summed E-state index contributed by atoms with van der Waals surface area (Å²) in [5.74, 6) is 0.0262. The molecule has 1 aromatic heterocycles. The summed E-state index contributed by atoms with van der Waals surface area (Å²) < 4.78 is 33.9. The first-order chi connectivity index (χ1) is 21.2. The van der Waals surface area contributed by atoms with E-state index in [0.717, 1.165) is 16.7 Å². The van der Waals surface area contributed by atoms with Gasteiger partial charge in [-0.3, -0.25) is 4.79 Å². The van der Waals surface area contributed by atoms with Gasteiger partial charge in [-0.2, -0.15) is 5.26 Å². The van der Waals surface area contributed by atoms with E-state index < -0.39 is 27.3 Å². The maximum absolute atomic E-state index is 14.0. The third-order valence-corrected chi connectivity index (χ3v) is 8.19. The average Bonchev–Trinajstić information content (AvgIpc) is 2.97. The van der Waals surface area contributed by atoms with Crippen molar-refractivity contribution in [2.75, 3.05) is 18.7 Å². The van der Waals surface area contributed by atoms with Crippen LogP contribution in [0.5, 0.6) is 17.4 Å². The van der Waals surface area contributed by atoms with Gasteiger partial charge in [-0.25, -0.2) is 14.0 Å². The summed E-state index contributed by atoms with van der Waals surface area (Å²) in [5, 5.41) is 12.1. The van der Waals surface area contributed by atoms with E-state index in [1.54, 1.807) is 64.2 Å². The number of nitriles is 1. The van der Waals surface area contributed by atoms with Gasteiger partial charge in [0.15, 0.2) is 11.5 Å². The SMILES string of the molecule is COc1cc(C#N)ccc1Oc1ncc(-c2ccc(C)cc2)c(C)c1C(=O)Nc1cccc([S@@](C)(=O)=NC(=O)OC(C)(C)C)c1. The van der Waals surface area contributed by atoms with Gasteiger partial charge in [0.05, 0.1) is 28.5 Å². The van der Waals surface area contributed by atoms with E-state index in [1.807, 2.05) is 31.2 Å². The number of hydrogen-bond acceptors (Lipinski definition) is 8. The van der Waals surface area contributed by atoms with Crippen molar-refractivity contribution >= 4 is 27.4 Å². The van der Waals surface area contributed by atoms with Crippen LogP contribution in [-0.4, -0.2) is 40.2 Å². The van der Waals surface area contributed by atoms with Gasteiger partial charge in [0.2, 0.25) is 5.88 Å². The van der Waals surface area contributed by atoms with Crippen molar-refractivity contribution in [3.63, 3.8) is 0 Å². The highest BCUT2D eigenvalue weighted by molar-refractivity contribution is 7.93. The van der Waals surface area contributed by atoms with Gasteiger partial charge in [-0.15, -0.1) is 4.36 Å². The number of anilines is 1. The average molecular weight is 627 g/mol. The van der Waals surface area contributed by atoms with E-state index in [1.165, 1.54) is 25.5 Å². The van der Waals surface area contributed by atoms with E-state index in [0.29, 0.717) is 22.6 Å². The third kappa shape index (κ3) is 8.04. The van der Waals surface area contributed by atoms with Crippen LogP contribution < -0.4 is 14.8 Å². The molecule has 232 valence electrons. The van der Waals surface area contributed by atoms with Crippen LogP contribution in [0.25, 0.3) is 11.1 Å². The standard InChI is InChI=1S/C34H34N4O6S/c1-21-11-14-24(15-12-21)27-20-36-32(43-28-16-13-23(19-35)17-29(28)42-6)30(22(27)2)31(39)37-25-9-8-10-26(18-25)45(7,41)38-33(40)44-34(3,4)5/h8-18,20H,1-7H3,(H,37,39)/t45-/m1/s1. The van der Waals surface area contributed by atoms with E-state index in [2.05, 4.69) is 20.7 Å². The number of hydrogen-bond donors (Lipinski definition) is 1. The molecule has 0 saturated heterocycles. The Morgan fingerprint density at radius 2 is 1.71 bits per heavy atom. The fraction of sp³-hybridized carbons (Fsp3) is 0.235. The van der Waals surface area contributed by atoms with Crippen molar-refractivity contribution < 1.29 is 28.0 Å². The minimum atomic E-state index is -3.20. The zero-order valence-electron chi connectivity index (χ0n) is 26.1. The smallest absolute Gasteiger partial charge is 0.442 e. The Kier molecular flexibility index (Phi) is 9.59. The molecule has 0 unspecified atom stereocenters. The molecule has 0 aliphatic carbocycles. The number of carbonyl (C=O) groups excluding carboxylic acids is 2. The molecule has 0 bridgehead atoms. The topological polar surface area (TPSA) is 140 Å². The number of amides is 2. The Morgan fingerprint density at radius 1 is 1.00 bits per heavy atom. The molecule has 0 spiro atoms. The lowest BCUT2D eigenvalue weighted by Crippen LogP contribution is -2.22. The molecular formula is C34H34N4O6S. The van der Waals surface area contributed by atoms with Crippen LogP contribution >= 0.6 is 0 Å². The summed E-state index contributed by atoms with van der Waals surface area (Å²) in [6, 6.07) is 20.8. The highest BCUT2D eigenvalue weighted by Gasteiger charge is 2.24. The van der Waals surface area contributed by atoms with Crippen LogP contribution in [0.2, 0.25) is 0 Å². The van der Waals surface area contributed by atoms with Crippen molar-refractivity contribution in [3.05, 3.63) is 95.2 Å². The number of aryl methyl sites for hydroxylation is 1. The number of aromatic nitrogens is 1. The van der Waals surface area contributed by atoms with Crippen LogP contribution in [0.3, 0.4) is 0 Å². The van der Waals surface area contributed by atoms with Gasteiger partial charge in [-0.05, 0) is 76.1 Å². The minimum Gasteiger partial charge on any atom is -0.493 e. The number of carbonyl (C=O) groups is 2. The molecule has 1 atom stereocenters. The summed E-state index contributed by atoms with van der Waals surface area (Å²) in [4.78, 5) is 31.0. The molecule has 0 aliphatic heterocycles. The first-order valence-electron chi connectivity index (χ1n) is 13.9. The van der Waals surface area contributed by atoms with Crippen molar-refractivity contribution in [1.82, 2.24) is 4.98 Å². The van der Waals surface area contributed by atoms with E-state index in [9.17, 15) is 19.1 Å². The maximum Gasteiger partial charge on any atom is 0.442 e. The molecule has 1 N–H and O–H groups in total. The molecule has 11 heteroatoms. The lowest BCUT2D eigenvalue weighted by molar-refractivity contribution is 0.0607. The van der Waals surface area contributed by atoms with E-state index in [-0.39, 0.29) is 22.1 Å². The second kappa shape index (κ2) is 13.2. The molecule has 3 aromatic carbocycles. The summed E-state index contributed by atoms with van der Waals surface area (Å²) >= 11 is 0. The Labute approximate surface area is 263 Å². The number of nitrogens with zero attached hydrogens (tertiary/aromatic N) is 3. The lowest BCUT2D eigenvalue weighted by atomic mass is 9.97. The van der Waals surface area contributed by atoms with Crippen molar-refractivity contribution in [3.8, 4) is 34.6 Å². The zero-order valence-corrected chi connectivity index (χ0v) is 26.9. The molecule has 45 heavy (non-hydrogen) atoms. The van der Waals surface area contributed by atoms with Gasteiger partial charge in [0.1, 0.15) is 11.2 Å². The normalized spacial score (nSPS) is 12.3. The third-order valence-electron chi connectivity index (χ3n) is 6.56. The summed E-state index contributed by atoms with van der Waals surface area (Å²) in [6.07, 6.45) is 2.01. The van der Waals surface area contributed by atoms with E-state index in [4.69, 9.17) is 14.2 Å². The highest BCUT2D eigenvalue weighted by Crippen LogP contribution is 2.36. The molecule has 0 aliphatic rings. The van der Waals surface area contributed by atoms with Gasteiger partial charge < -0.3 is 19.5 Å². The molecule has 1 heterocycles. The Balaban J connectivity index is 1.76. The van der Waals surface area contributed by atoms with Gasteiger partial charge in [-0.1, -0.05) is 35.9 Å². The molecule has 4 aromatic rings. The molecule has 2 amide bonds. The summed E-state index contributed by atoms with van der Waals surface area (Å²) in [6.45, 7) is 8.85. The Bertz CT molecular complexity index is 1930. The molecule has 4 rings (SSSR count). The first-order valence-corrected chi connectivity index (χ1v) is 15.8. The van der Waals surface area contributed by atoms with Gasteiger partial charge >= 0.3 is 6.09 Å². The quantitative estimate of drug-likeness (QED) is 0.220. The molecule has 0 fully saturated rings. The lowest BCUT2D eigenvalue weighted by Gasteiger charge is -2.18. The monoisotopic (exact) mass is 626 g/mol. The second-order valence-electron chi connectivity index (χ2n) is 11.3. The molecule has 10 nitrogen and oxygen atoms in total. The number of rotatable bonds is 7. The first kappa shape index (κ1) is 32.7. The summed E-state index contributed by atoms with van der Waals surface area (Å²) in [5.41, 5.74) is 3.31. The van der Waals surface area contributed by atoms with Crippen LogP contribution in [0.15, 0.2) is 82.2 Å². The molecular weight excluding hydrogens is 592 g/mol. The maximum atomic E-state index is 14.0. The van der Waals surface area contributed by atoms with Crippen molar-refractivity contribution in [1.29, 1.82) is 5.26 Å². The Morgan fingerprint density at radius 3 is 2.36 bits per heavy atom. The predicted molar refractivity (Wildman–Crippen MR) is 172 cm³/mol. The predicted octanol–water partition coefficient (Wildman–Crippen LogP) is 7.68. The second-order valence-corrected chi connectivity index (χ2v) is 13.5. The fourth-order valence-electron chi connectivity index (χ4n) is 4.35. The number of nitrogens with one attached hydrogen (secondary N) is 1. The largest absolute Gasteiger partial charge is 0.493 e. The van der Waals surface area contributed by atoms with Crippen LogP contribution in [-0.2, 0) is 14.5 Å². The number of ether oxygens (including phenoxy) is 3. The van der Waals surface area contributed by atoms with Crippen LogP contribution in [0.1, 0.15) is 47.8 Å².